The monoisotopic (exact) mass is 318 g/mol. The molecule has 0 N–H and O–H groups in total. The molecule has 0 unspecified atom stereocenters. The van der Waals surface area contributed by atoms with Crippen molar-refractivity contribution in [3.05, 3.63) is 52.0 Å². The maximum Gasteiger partial charge on any atom is 0.269 e. The fourth-order valence-electron chi connectivity index (χ4n) is 1.70. The standard InChI is InChI=1S/C16H18N2O3S/c1-12-17-14(11-22-12)10-21-15-6-4-5-13(9-15)7-8-16(19)18(2)20-3/h4-9,11H,10H2,1-3H3/b8-7+. The van der Waals surface area contributed by atoms with Gasteiger partial charge in [0.25, 0.3) is 5.91 Å². The highest BCUT2D eigenvalue weighted by atomic mass is 32.1. The van der Waals surface area contributed by atoms with E-state index in [2.05, 4.69) is 4.98 Å². The topological polar surface area (TPSA) is 51.7 Å². The minimum Gasteiger partial charge on any atom is -0.487 e. The summed E-state index contributed by atoms with van der Waals surface area (Å²) >= 11 is 1.60. The Bertz CT molecular complexity index is 667. The second-order valence-corrected chi connectivity index (χ2v) is 5.63. The first-order valence-corrected chi connectivity index (χ1v) is 7.60. The Labute approximate surface area is 133 Å². The van der Waals surface area contributed by atoms with Crippen LogP contribution in [0.3, 0.4) is 0 Å². The zero-order valence-corrected chi connectivity index (χ0v) is 13.6. The molecule has 0 saturated heterocycles. The fraction of sp³-hybridized carbons (Fsp3) is 0.250. The van der Waals surface area contributed by atoms with Crippen LogP contribution in [0.4, 0.5) is 0 Å². The lowest BCUT2D eigenvalue weighted by molar-refractivity contribution is -0.162. The second-order valence-electron chi connectivity index (χ2n) is 4.57. The molecule has 0 radical (unpaired) electrons. The van der Waals surface area contributed by atoms with Gasteiger partial charge in [-0.2, -0.15) is 0 Å². The molecule has 0 aliphatic rings. The summed E-state index contributed by atoms with van der Waals surface area (Å²) in [4.78, 5) is 20.8. The van der Waals surface area contributed by atoms with Gasteiger partial charge in [0.05, 0.1) is 17.8 Å². The zero-order chi connectivity index (χ0) is 15.9. The van der Waals surface area contributed by atoms with E-state index in [0.29, 0.717) is 6.61 Å². The second kappa shape index (κ2) is 7.72. The highest BCUT2D eigenvalue weighted by molar-refractivity contribution is 7.09. The van der Waals surface area contributed by atoms with Gasteiger partial charge >= 0.3 is 0 Å². The quantitative estimate of drug-likeness (QED) is 0.607. The number of benzene rings is 1. The number of hydrogen-bond donors (Lipinski definition) is 0. The Hall–Kier alpha value is -2.18. The van der Waals surface area contributed by atoms with Crippen molar-refractivity contribution in [3.8, 4) is 5.75 Å². The number of thiazole rings is 1. The summed E-state index contributed by atoms with van der Waals surface area (Å²) in [6.45, 7) is 2.40. The van der Waals surface area contributed by atoms with E-state index in [9.17, 15) is 4.79 Å². The molecule has 22 heavy (non-hydrogen) atoms. The van der Waals surface area contributed by atoms with E-state index in [1.807, 2.05) is 36.6 Å². The molecule has 0 bridgehead atoms. The van der Waals surface area contributed by atoms with E-state index < -0.39 is 0 Å². The third kappa shape index (κ3) is 4.68. The van der Waals surface area contributed by atoms with Crippen molar-refractivity contribution in [1.82, 2.24) is 10.0 Å². The number of carbonyl (C=O) groups excluding carboxylic acids is 1. The average molecular weight is 318 g/mol. The van der Waals surface area contributed by atoms with Crippen LogP contribution in [0.2, 0.25) is 0 Å². The highest BCUT2D eigenvalue weighted by Crippen LogP contribution is 2.17. The summed E-state index contributed by atoms with van der Waals surface area (Å²) in [5, 5.41) is 4.16. The van der Waals surface area contributed by atoms with Crippen LogP contribution in [0.15, 0.2) is 35.7 Å². The van der Waals surface area contributed by atoms with E-state index in [-0.39, 0.29) is 5.91 Å². The first-order chi connectivity index (χ1) is 10.6. The Morgan fingerprint density at radius 2 is 2.27 bits per heavy atom. The van der Waals surface area contributed by atoms with E-state index in [4.69, 9.17) is 9.57 Å². The molecule has 0 atom stereocenters. The van der Waals surface area contributed by atoms with Crippen LogP contribution in [-0.2, 0) is 16.2 Å². The maximum atomic E-state index is 11.6. The van der Waals surface area contributed by atoms with Crippen molar-refractivity contribution in [2.75, 3.05) is 14.2 Å². The van der Waals surface area contributed by atoms with Gasteiger partial charge in [0.15, 0.2) is 0 Å². The molecule has 2 rings (SSSR count). The number of hydrogen-bond acceptors (Lipinski definition) is 5. The summed E-state index contributed by atoms with van der Waals surface area (Å²) in [6.07, 6.45) is 3.17. The van der Waals surface area contributed by atoms with Gasteiger partial charge < -0.3 is 4.74 Å². The molecule has 0 spiro atoms. The van der Waals surface area contributed by atoms with Crippen molar-refractivity contribution in [1.29, 1.82) is 0 Å². The number of carbonyl (C=O) groups is 1. The van der Waals surface area contributed by atoms with Gasteiger partial charge in [-0.15, -0.1) is 11.3 Å². The van der Waals surface area contributed by atoms with Crippen molar-refractivity contribution >= 4 is 23.3 Å². The lowest BCUT2D eigenvalue weighted by atomic mass is 10.2. The minimum atomic E-state index is -0.230. The van der Waals surface area contributed by atoms with Crippen LogP contribution < -0.4 is 4.74 Å². The molecule has 1 aromatic carbocycles. The van der Waals surface area contributed by atoms with Gasteiger partial charge in [-0.25, -0.2) is 10.0 Å². The normalized spacial score (nSPS) is 10.9. The van der Waals surface area contributed by atoms with Crippen molar-refractivity contribution in [3.63, 3.8) is 0 Å². The molecule has 0 fully saturated rings. The molecule has 0 saturated carbocycles. The third-order valence-corrected chi connectivity index (χ3v) is 3.74. The summed E-state index contributed by atoms with van der Waals surface area (Å²) in [7, 11) is 3.00. The molecular formula is C16H18N2O3S. The van der Waals surface area contributed by atoms with Crippen LogP contribution >= 0.6 is 11.3 Å². The number of hydroxylamine groups is 2. The lowest BCUT2D eigenvalue weighted by Gasteiger charge is -2.10. The van der Waals surface area contributed by atoms with Crippen LogP contribution in [0.25, 0.3) is 6.08 Å². The van der Waals surface area contributed by atoms with Crippen molar-refractivity contribution < 1.29 is 14.4 Å². The smallest absolute Gasteiger partial charge is 0.269 e. The third-order valence-electron chi connectivity index (χ3n) is 2.91. The van der Waals surface area contributed by atoms with Gasteiger partial charge in [0.2, 0.25) is 0 Å². The first kappa shape index (κ1) is 16.2. The molecular weight excluding hydrogens is 300 g/mol. The predicted octanol–water partition coefficient (Wildman–Crippen LogP) is 3.06. The molecule has 1 aromatic heterocycles. The number of aromatic nitrogens is 1. The Balaban J connectivity index is 1.97. The minimum absolute atomic E-state index is 0.230. The molecule has 1 heterocycles. The lowest BCUT2D eigenvalue weighted by Crippen LogP contribution is -2.22. The fourth-order valence-corrected chi connectivity index (χ4v) is 2.30. The highest BCUT2D eigenvalue weighted by Gasteiger charge is 2.03. The van der Waals surface area contributed by atoms with Crippen molar-refractivity contribution in [2.24, 2.45) is 0 Å². The Kier molecular flexibility index (Phi) is 5.68. The summed E-state index contributed by atoms with van der Waals surface area (Å²) in [6, 6.07) is 7.53. The van der Waals surface area contributed by atoms with Gasteiger partial charge in [-0.3, -0.25) is 9.63 Å². The van der Waals surface area contributed by atoms with Crippen LogP contribution in [0.5, 0.6) is 5.75 Å². The summed E-state index contributed by atoms with van der Waals surface area (Å²) < 4.78 is 5.71. The van der Waals surface area contributed by atoms with Crippen LogP contribution in [0, 0.1) is 6.92 Å². The van der Waals surface area contributed by atoms with Crippen molar-refractivity contribution in [2.45, 2.75) is 13.5 Å². The summed E-state index contributed by atoms with van der Waals surface area (Å²) in [5.41, 5.74) is 1.80. The van der Waals surface area contributed by atoms with E-state index >= 15 is 0 Å². The molecule has 5 nitrogen and oxygen atoms in total. The number of likely N-dealkylation sites (N-methyl/N-ethyl adjacent to an activating group) is 1. The predicted molar refractivity (Wildman–Crippen MR) is 86.4 cm³/mol. The summed E-state index contributed by atoms with van der Waals surface area (Å²) in [5.74, 6) is 0.507. The van der Waals surface area contributed by atoms with Gasteiger partial charge in [-0.1, -0.05) is 12.1 Å². The number of ether oxygens (including phenoxy) is 1. The average Bonchev–Trinajstić information content (AvgIpc) is 2.95. The Morgan fingerprint density at radius 1 is 1.45 bits per heavy atom. The Morgan fingerprint density at radius 3 is 2.95 bits per heavy atom. The molecule has 1 amide bonds. The number of rotatable bonds is 6. The zero-order valence-electron chi connectivity index (χ0n) is 12.8. The number of amides is 1. The van der Waals surface area contributed by atoms with Crippen LogP contribution in [0.1, 0.15) is 16.3 Å². The molecule has 6 heteroatoms. The van der Waals surface area contributed by atoms with E-state index in [0.717, 1.165) is 27.1 Å². The number of aryl methyl sites for hydroxylation is 1. The van der Waals surface area contributed by atoms with Crippen LogP contribution in [-0.4, -0.2) is 30.1 Å². The van der Waals surface area contributed by atoms with E-state index in [1.54, 1.807) is 24.5 Å². The SMILES string of the molecule is CON(C)C(=O)/C=C/c1cccc(OCc2csc(C)n2)c1. The molecule has 0 aliphatic heterocycles. The van der Waals surface area contributed by atoms with Gasteiger partial charge in [-0.05, 0) is 30.7 Å². The van der Waals surface area contributed by atoms with Gasteiger partial charge in [0.1, 0.15) is 12.4 Å². The maximum absolute atomic E-state index is 11.6. The molecule has 2 aromatic rings. The largest absolute Gasteiger partial charge is 0.487 e. The molecule has 0 aliphatic carbocycles. The number of nitrogens with zero attached hydrogens (tertiary/aromatic N) is 2. The van der Waals surface area contributed by atoms with E-state index in [1.165, 1.54) is 13.2 Å². The molecule has 116 valence electrons. The first-order valence-electron chi connectivity index (χ1n) is 6.72. The van der Waals surface area contributed by atoms with Gasteiger partial charge in [0, 0.05) is 18.5 Å².